The molecule has 1 fully saturated rings. The van der Waals surface area contributed by atoms with E-state index in [2.05, 4.69) is 5.32 Å². The van der Waals surface area contributed by atoms with E-state index in [9.17, 15) is 19.7 Å². The Morgan fingerprint density at radius 2 is 1.79 bits per heavy atom. The van der Waals surface area contributed by atoms with Crippen molar-refractivity contribution in [3.63, 3.8) is 0 Å². The molecule has 0 saturated carbocycles. The van der Waals surface area contributed by atoms with Crippen LogP contribution in [0.4, 0.5) is 11.4 Å². The molecule has 1 aromatic carbocycles. The fraction of sp³-hybridized carbons (Fsp3) is 0.600. The fourth-order valence-electron chi connectivity index (χ4n) is 3.35. The van der Waals surface area contributed by atoms with E-state index >= 15 is 0 Å². The van der Waals surface area contributed by atoms with Gasteiger partial charge in [-0.25, -0.2) is 0 Å². The molecular formula is C20H30N4O4. The zero-order valence-corrected chi connectivity index (χ0v) is 17.2. The standard InChI is InChI=1S/C20H30N4O4/c1-20(2,3)21-18(25)14-22(4)19(26)15-9-10-16(17(13-15)24(27)28)23-11-7-5-6-8-12-23/h9-10,13H,5-8,11-12,14H2,1-4H3,(H,21,25). The van der Waals surface area contributed by atoms with E-state index in [0.29, 0.717) is 5.69 Å². The number of carbonyl (C=O) groups is 2. The molecule has 0 atom stereocenters. The van der Waals surface area contributed by atoms with E-state index in [1.54, 1.807) is 12.1 Å². The number of hydrogen-bond acceptors (Lipinski definition) is 5. The maximum atomic E-state index is 12.7. The van der Waals surface area contributed by atoms with Crippen molar-refractivity contribution in [3.05, 3.63) is 33.9 Å². The van der Waals surface area contributed by atoms with Gasteiger partial charge in [-0.15, -0.1) is 0 Å². The first kappa shape index (κ1) is 21.7. The van der Waals surface area contributed by atoms with Crippen molar-refractivity contribution in [2.45, 2.75) is 52.0 Å². The van der Waals surface area contributed by atoms with Crippen LogP contribution < -0.4 is 10.2 Å². The number of rotatable bonds is 5. The average molecular weight is 390 g/mol. The van der Waals surface area contributed by atoms with Gasteiger partial charge in [-0.1, -0.05) is 12.8 Å². The predicted octanol–water partition coefficient (Wildman–Crippen LogP) is 2.96. The van der Waals surface area contributed by atoms with Gasteiger partial charge in [0, 0.05) is 37.3 Å². The average Bonchev–Trinajstić information content (AvgIpc) is 2.88. The Hall–Kier alpha value is -2.64. The Morgan fingerprint density at radius 3 is 2.32 bits per heavy atom. The van der Waals surface area contributed by atoms with Crippen LogP contribution in [0.15, 0.2) is 18.2 Å². The molecule has 0 spiro atoms. The number of nitrogens with zero attached hydrogens (tertiary/aromatic N) is 3. The monoisotopic (exact) mass is 390 g/mol. The molecule has 1 aromatic rings. The Bertz CT molecular complexity index is 734. The van der Waals surface area contributed by atoms with E-state index in [1.807, 2.05) is 25.7 Å². The molecule has 2 rings (SSSR count). The molecule has 0 bridgehead atoms. The third-order valence-electron chi connectivity index (χ3n) is 4.61. The van der Waals surface area contributed by atoms with E-state index in [0.717, 1.165) is 38.8 Å². The molecule has 28 heavy (non-hydrogen) atoms. The quantitative estimate of drug-likeness (QED) is 0.616. The van der Waals surface area contributed by atoms with Crippen molar-refractivity contribution in [1.29, 1.82) is 0 Å². The molecule has 1 saturated heterocycles. The summed E-state index contributed by atoms with van der Waals surface area (Å²) in [5.74, 6) is -0.700. The summed E-state index contributed by atoms with van der Waals surface area (Å²) in [6.45, 7) is 7.02. The lowest BCUT2D eigenvalue weighted by atomic mass is 10.1. The maximum Gasteiger partial charge on any atom is 0.293 e. The topological polar surface area (TPSA) is 95.8 Å². The highest BCUT2D eigenvalue weighted by Crippen LogP contribution is 2.31. The first-order valence-electron chi connectivity index (χ1n) is 9.68. The second-order valence-corrected chi connectivity index (χ2v) is 8.32. The summed E-state index contributed by atoms with van der Waals surface area (Å²) in [6, 6.07) is 4.58. The molecule has 8 nitrogen and oxygen atoms in total. The highest BCUT2D eigenvalue weighted by Gasteiger charge is 2.24. The molecule has 154 valence electrons. The Morgan fingerprint density at radius 1 is 1.18 bits per heavy atom. The van der Waals surface area contributed by atoms with E-state index in [-0.39, 0.29) is 23.7 Å². The number of nitro benzene ring substituents is 1. The summed E-state index contributed by atoms with van der Waals surface area (Å²) in [5.41, 5.74) is 0.294. The van der Waals surface area contributed by atoms with Crippen LogP contribution in [0.5, 0.6) is 0 Å². The molecule has 0 aliphatic carbocycles. The molecular weight excluding hydrogens is 360 g/mol. The van der Waals surface area contributed by atoms with Gasteiger partial charge in [0.2, 0.25) is 5.91 Å². The number of hydrogen-bond donors (Lipinski definition) is 1. The Kier molecular flexibility index (Phi) is 6.99. The van der Waals surface area contributed by atoms with Gasteiger partial charge in [-0.2, -0.15) is 0 Å². The van der Waals surface area contributed by atoms with Crippen LogP contribution in [0.2, 0.25) is 0 Å². The highest BCUT2D eigenvalue weighted by molar-refractivity contribution is 5.97. The van der Waals surface area contributed by atoms with Crippen LogP contribution >= 0.6 is 0 Å². The Labute approximate surface area is 166 Å². The van der Waals surface area contributed by atoms with Gasteiger partial charge in [-0.05, 0) is 45.7 Å². The van der Waals surface area contributed by atoms with Crippen molar-refractivity contribution in [3.8, 4) is 0 Å². The lowest BCUT2D eigenvalue weighted by Crippen LogP contribution is -2.46. The van der Waals surface area contributed by atoms with Gasteiger partial charge in [0.25, 0.3) is 11.6 Å². The third-order valence-corrected chi connectivity index (χ3v) is 4.61. The van der Waals surface area contributed by atoms with Crippen LogP contribution in [0.1, 0.15) is 56.8 Å². The van der Waals surface area contributed by atoms with Gasteiger partial charge in [0.05, 0.1) is 11.5 Å². The molecule has 1 N–H and O–H groups in total. The van der Waals surface area contributed by atoms with Gasteiger partial charge in [0.15, 0.2) is 0 Å². The fourth-order valence-corrected chi connectivity index (χ4v) is 3.35. The second kappa shape index (κ2) is 9.03. The van der Waals surface area contributed by atoms with Gasteiger partial charge < -0.3 is 15.1 Å². The number of likely N-dealkylation sites (N-methyl/N-ethyl adjacent to an activating group) is 1. The summed E-state index contributed by atoms with van der Waals surface area (Å²) in [7, 11) is 1.51. The first-order valence-corrected chi connectivity index (χ1v) is 9.68. The maximum absolute atomic E-state index is 12.7. The normalized spacial score (nSPS) is 14.9. The minimum Gasteiger partial charge on any atom is -0.366 e. The zero-order valence-electron chi connectivity index (χ0n) is 17.2. The molecule has 1 aliphatic rings. The van der Waals surface area contributed by atoms with Crippen molar-refractivity contribution in [2.75, 3.05) is 31.6 Å². The van der Waals surface area contributed by atoms with Crippen LogP contribution in [0.25, 0.3) is 0 Å². The van der Waals surface area contributed by atoms with Gasteiger partial charge >= 0.3 is 0 Å². The number of nitrogens with one attached hydrogen (secondary N) is 1. The summed E-state index contributed by atoms with van der Waals surface area (Å²) in [6.07, 6.45) is 4.26. The van der Waals surface area contributed by atoms with E-state index < -0.39 is 16.4 Å². The summed E-state index contributed by atoms with van der Waals surface area (Å²) >= 11 is 0. The molecule has 1 aliphatic heterocycles. The second-order valence-electron chi connectivity index (χ2n) is 8.32. The molecule has 8 heteroatoms. The predicted molar refractivity (Wildman–Crippen MR) is 109 cm³/mol. The van der Waals surface area contributed by atoms with Crippen LogP contribution in [-0.2, 0) is 4.79 Å². The lowest BCUT2D eigenvalue weighted by Gasteiger charge is -2.24. The molecule has 0 unspecified atom stereocenters. The van der Waals surface area contributed by atoms with Crippen LogP contribution in [-0.4, -0.2) is 53.9 Å². The molecule has 0 aromatic heterocycles. The largest absolute Gasteiger partial charge is 0.366 e. The number of carbonyl (C=O) groups excluding carboxylic acids is 2. The lowest BCUT2D eigenvalue weighted by molar-refractivity contribution is -0.384. The number of nitro groups is 1. The van der Waals surface area contributed by atoms with Crippen LogP contribution in [0.3, 0.4) is 0 Å². The number of benzene rings is 1. The van der Waals surface area contributed by atoms with Crippen molar-refractivity contribution < 1.29 is 14.5 Å². The molecule has 1 heterocycles. The summed E-state index contributed by atoms with van der Waals surface area (Å²) < 4.78 is 0. The summed E-state index contributed by atoms with van der Waals surface area (Å²) in [5, 5.41) is 14.4. The molecule has 2 amide bonds. The summed E-state index contributed by atoms with van der Waals surface area (Å²) in [4.78, 5) is 39.2. The van der Waals surface area contributed by atoms with Crippen molar-refractivity contribution >= 4 is 23.2 Å². The SMILES string of the molecule is CN(CC(=O)NC(C)(C)C)C(=O)c1ccc(N2CCCCCC2)c([N+](=O)[O-])c1. The zero-order chi connectivity index (χ0) is 20.9. The highest BCUT2D eigenvalue weighted by atomic mass is 16.6. The van der Waals surface area contributed by atoms with Gasteiger partial charge in [-0.3, -0.25) is 19.7 Å². The number of amides is 2. The van der Waals surface area contributed by atoms with E-state index in [1.165, 1.54) is 18.0 Å². The van der Waals surface area contributed by atoms with Crippen LogP contribution in [0, 0.1) is 10.1 Å². The Balaban J connectivity index is 2.18. The van der Waals surface area contributed by atoms with Crippen molar-refractivity contribution in [2.24, 2.45) is 0 Å². The minimum absolute atomic E-state index is 0.0692. The third kappa shape index (κ3) is 5.94. The molecule has 0 radical (unpaired) electrons. The first-order chi connectivity index (χ1) is 13.1. The van der Waals surface area contributed by atoms with Crippen molar-refractivity contribution in [1.82, 2.24) is 10.2 Å². The minimum atomic E-state index is -0.441. The van der Waals surface area contributed by atoms with Gasteiger partial charge in [0.1, 0.15) is 5.69 Å². The number of anilines is 1. The smallest absolute Gasteiger partial charge is 0.293 e. The van der Waals surface area contributed by atoms with E-state index in [4.69, 9.17) is 0 Å².